The van der Waals surface area contributed by atoms with Crippen molar-refractivity contribution in [2.45, 2.75) is 5.88 Å². The molecule has 1 aromatic heterocycles. The van der Waals surface area contributed by atoms with Gasteiger partial charge in [0.25, 0.3) is 0 Å². The Bertz CT molecular complexity index is 580. The summed E-state index contributed by atoms with van der Waals surface area (Å²) < 4.78 is 19.8. The smallest absolute Gasteiger partial charge is 0.223 e. The first kappa shape index (κ1) is 13.6. The molecule has 0 atom stereocenters. The van der Waals surface area contributed by atoms with Crippen molar-refractivity contribution in [1.29, 1.82) is 0 Å². The summed E-state index contributed by atoms with van der Waals surface area (Å²) in [6.07, 6.45) is 1.55. The van der Waals surface area contributed by atoms with Crippen LogP contribution in [0.3, 0.4) is 0 Å². The number of hydrogen-bond donors (Lipinski definition) is 0. The van der Waals surface area contributed by atoms with Crippen LogP contribution in [-0.4, -0.2) is 4.98 Å². The van der Waals surface area contributed by atoms with Crippen molar-refractivity contribution in [2.24, 2.45) is 0 Å². The largest absolute Gasteiger partial charge is 0.436 e. The van der Waals surface area contributed by atoms with Crippen LogP contribution in [0.15, 0.2) is 34.9 Å². The third-order valence-electron chi connectivity index (χ3n) is 2.16. The number of nitrogens with zero attached hydrogens (tertiary/aromatic N) is 1. The number of aromatic nitrogens is 1. The van der Waals surface area contributed by atoms with Crippen LogP contribution >= 0.6 is 39.1 Å². The molecule has 18 heavy (non-hydrogen) atoms. The lowest BCUT2D eigenvalue weighted by Crippen LogP contribution is -1.95. The predicted molar refractivity (Wildman–Crippen MR) is 73.0 cm³/mol. The number of rotatable bonds is 3. The summed E-state index contributed by atoms with van der Waals surface area (Å²) in [5, 5.41) is -0.00275. The van der Waals surface area contributed by atoms with E-state index >= 15 is 0 Å². The molecule has 0 unspecified atom stereocenters. The lowest BCUT2D eigenvalue weighted by molar-refractivity contribution is 0.424. The van der Waals surface area contributed by atoms with Crippen LogP contribution in [0.4, 0.5) is 4.39 Å². The Kier molecular flexibility index (Phi) is 4.43. The molecule has 1 aromatic carbocycles. The van der Waals surface area contributed by atoms with Gasteiger partial charge in [0.2, 0.25) is 5.88 Å². The van der Waals surface area contributed by atoms with E-state index in [2.05, 4.69) is 20.9 Å². The number of benzene rings is 1. The SMILES string of the molecule is Fc1c(Cl)cccc1Oc1ncc(Br)cc1CCl. The molecule has 0 aliphatic rings. The van der Waals surface area contributed by atoms with Gasteiger partial charge in [0.1, 0.15) is 0 Å². The Labute approximate surface area is 122 Å². The van der Waals surface area contributed by atoms with Crippen molar-refractivity contribution in [3.8, 4) is 11.6 Å². The normalized spacial score (nSPS) is 10.4. The van der Waals surface area contributed by atoms with E-state index in [1.165, 1.54) is 12.1 Å². The van der Waals surface area contributed by atoms with E-state index in [0.717, 1.165) is 4.47 Å². The molecule has 94 valence electrons. The van der Waals surface area contributed by atoms with Gasteiger partial charge in [0.15, 0.2) is 11.6 Å². The summed E-state index contributed by atoms with van der Waals surface area (Å²) in [6, 6.07) is 6.28. The molecule has 2 nitrogen and oxygen atoms in total. The van der Waals surface area contributed by atoms with Gasteiger partial charge >= 0.3 is 0 Å². The van der Waals surface area contributed by atoms with Crippen LogP contribution < -0.4 is 4.74 Å². The highest BCUT2D eigenvalue weighted by Gasteiger charge is 2.12. The molecular weight excluding hydrogens is 344 g/mol. The first-order valence-electron chi connectivity index (χ1n) is 4.94. The molecule has 0 aliphatic heterocycles. The fourth-order valence-corrected chi connectivity index (χ4v) is 2.06. The lowest BCUT2D eigenvalue weighted by atomic mass is 10.3. The van der Waals surface area contributed by atoms with Crippen LogP contribution in [0, 0.1) is 5.82 Å². The van der Waals surface area contributed by atoms with Crippen molar-refractivity contribution >= 4 is 39.1 Å². The number of halogens is 4. The maximum Gasteiger partial charge on any atom is 0.223 e. The fraction of sp³-hybridized carbons (Fsp3) is 0.0833. The molecule has 2 aromatic rings. The van der Waals surface area contributed by atoms with E-state index in [4.69, 9.17) is 27.9 Å². The molecule has 0 aliphatic carbocycles. The molecular formula is C12H7BrCl2FNO. The third kappa shape index (κ3) is 2.94. The summed E-state index contributed by atoms with van der Waals surface area (Å²) >= 11 is 14.7. The summed E-state index contributed by atoms with van der Waals surface area (Å²) in [7, 11) is 0. The minimum atomic E-state index is -0.621. The molecule has 0 saturated carbocycles. The zero-order chi connectivity index (χ0) is 13.1. The van der Waals surface area contributed by atoms with Gasteiger partial charge < -0.3 is 4.74 Å². The zero-order valence-corrected chi connectivity index (χ0v) is 12.1. The number of pyridine rings is 1. The molecule has 6 heteroatoms. The highest BCUT2D eigenvalue weighted by Crippen LogP contribution is 2.30. The quantitative estimate of drug-likeness (QED) is 0.712. The summed E-state index contributed by atoms with van der Waals surface area (Å²) in [5.74, 6) is -0.133. The van der Waals surface area contributed by atoms with Gasteiger partial charge in [0.05, 0.1) is 10.9 Å². The van der Waals surface area contributed by atoms with Gasteiger partial charge in [-0.15, -0.1) is 11.6 Å². The van der Waals surface area contributed by atoms with Crippen molar-refractivity contribution in [1.82, 2.24) is 4.98 Å². The Morgan fingerprint density at radius 3 is 2.89 bits per heavy atom. The first-order valence-corrected chi connectivity index (χ1v) is 6.64. The number of ether oxygens (including phenoxy) is 1. The molecule has 0 amide bonds. The molecule has 0 saturated heterocycles. The highest BCUT2D eigenvalue weighted by atomic mass is 79.9. The van der Waals surface area contributed by atoms with E-state index in [1.54, 1.807) is 18.3 Å². The summed E-state index contributed by atoms with van der Waals surface area (Å²) in [5.41, 5.74) is 0.658. The molecule has 0 N–H and O–H groups in total. The molecule has 0 spiro atoms. The van der Waals surface area contributed by atoms with Crippen LogP contribution in [-0.2, 0) is 5.88 Å². The average Bonchev–Trinajstić information content (AvgIpc) is 2.37. The van der Waals surface area contributed by atoms with Crippen molar-refractivity contribution < 1.29 is 9.13 Å². The van der Waals surface area contributed by atoms with Gasteiger partial charge in [-0.05, 0) is 34.1 Å². The maximum absolute atomic E-state index is 13.7. The topological polar surface area (TPSA) is 22.1 Å². The Morgan fingerprint density at radius 2 is 2.17 bits per heavy atom. The van der Waals surface area contributed by atoms with Crippen molar-refractivity contribution in [3.05, 3.63) is 51.3 Å². The maximum atomic E-state index is 13.7. The lowest BCUT2D eigenvalue weighted by Gasteiger charge is -2.09. The molecule has 0 radical (unpaired) electrons. The van der Waals surface area contributed by atoms with Crippen LogP contribution in [0.2, 0.25) is 5.02 Å². The van der Waals surface area contributed by atoms with Crippen LogP contribution in [0.25, 0.3) is 0 Å². The first-order chi connectivity index (χ1) is 8.61. The van der Waals surface area contributed by atoms with Crippen LogP contribution in [0.1, 0.15) is 5.56 Å². The van der Waals surface area contributed by atoms with Crippen LogP contribution in [0.5, 0.6) is 11.6 Å². The van der Waals surface area contributed by atoms with E-state index in [9.17, 15) is 4.39 Å². The monoisotopic (exact) mass is 349 g/mol. The minimum absolute atomic E-state index is 0.00275. The standard InChI is InChI=1S/C12H7BrCl2FNO/c13-8-4-7(5-14)12(17-6-8)18-10-3-1-2-9(15)11(10)16/h1-4,6H,5H2. The Morgan fingerprint density at radius 1 is 1.39 bits per heavy atom. The van der Waals surface area contributed by atoms with Gasteiger partial charge in [0, 0.05) is 16.2 Å². The van der Waals surface area contributed by atoms with Gasteiger partial charge in [-0.25, -0.2) is 9.37 Å². The van der Waals surface area contributed by atoms with Crippen molar-refractivity contribution in [3.63, 3.8) is 0 Å². The van der Waals surface area contributed by atoms with Gasteiger partial charge in [-0.2, -0.15) is 0 Å². The Balaban J connectivity index is 2.37. The minimum Gasteiger partial charge on any atom is -0.436 e. The molecule has 0 fully saturated rings. The highest BCUT2D eigenvalue weighted by molar-refractivity contribution is 9.10. The number of alkyl halides is 1. The average molecular weight is 351 g/mol. The number of hydrogen-bond acceptors (Lipinski definition) is 2. The van der Waals surface area contributed by atoms with Crippen molar-refractivity contribution in [2.75, 3.05) is 0 Å². The van der Waals surface area contributed by atoms with E-state index in [-0.39, 0.29) is 22.5 Å². The summed E-state index contributed by atoms with van der Waals surface area (Å²) in [6.45, 7) is 0. The summed E-state index contributed by atoms with van der Waals surface area (Å²) in [4.78, 5) is 4.05. The zero-order valence-electron chi connectivity index (χ0n) is 8.96. The van der Waals surface area contributed by atoms with E-state index < -0.39 is 5.82 Å². The second-order valence-electron chi connectivity index (χ2n) is 3.41. The Hall–Kier alpha value is -0.840. The van der Waals surface area contributed by atoms with Gasteiger partial charge in [-0.1, -0.05) is 17.7 Å². The second kappa shape index (κ2) is 5.87. The third-order valence-corrected chi connectivity index (χ3v) is 3.17. The van der Waals surface area contributed by atoms with E-state index in [0.29, 0.717) is 5.56 Å². The second-order valence-corrected chi connectivity index (χ2v) is 5.00. The fourth-order valence-electron chi connectivity index (χ4n) is 1.32. The molecule has 1 heterocycles. The molecule has 0 bridgehead atoms. The predicted octanol–water partition coefficient (Wildman–Crippen LogP) is 5.17. The van der Waals surface area contributed by atoms with Gasteiger partial charge in [-0.3, -0.25) is 0 Å². The molecule has 2 rings (SSSR count). The van der Waals surface area contributed by atoms with E-state index in [1.807, 2.05) is 0 Å².